The topological polar surface area (TPSA) is 64.2 Å². The van der Waals surface area contributed by atoms with Gasteiger partial charge in [0.1, 0.15) is 11.5 Å². The molecule has 1 aromatic carbocycles. The van der Waals surface area contributed by atoms with Crippen molar-refractivity contribution in [3.05, 3.63) is 70.2 Å². The van der Waals surface area contributed by atoms with Gasteiger partial charge in [0.05, 0.1) is 17.8 Å². The molecule has 1 aliphatic heterocycles. The number of halogens is 1. The van der Waals surface area contributed by atoms with E-state index in [1.807, 2.05) is 42.3 Å². The van der Waals surface area contributed by atoms with E-state index in [9.17, 15) is 4.79 Å². The summed E-state index contributed by atoms with van der Waals surface area (Å²) in [6.45, 7) is 3.48. The molecule has 0 N–H and O–H groups in total. The van der Waals surface area contributed by atoms with Crippen molar-refractivity contribution in [3.63, 3.8) is 0 Å². The van der Waals surface area contributed by atoms with Gasteiger partial charge in [-0.15, -0.1) is 0 Å². The van der Waals surface area contributed by atoms with Crippen molar-refractivity contribution in [1.29, 1.82) is 0 Å². The molecule has 1 atom stereocenters. The summed E-state index contributed by atoms with van der Waals surface area (Å²) in [4.78, 5) is 19.5. The van der Waals surface area contributed by atoms with Gasteiger partial charge in [-0.05, 0) is 43.0 Å². The minimum absolute atomic E-state index is 0.0303. The van der Waals surface area contributed by atoms with Crippen molar-refractivity contribution in [3.8, 4) is 0 Å². The lowest BCUT2D eigenvalue weighted by molar-refractivity contribution is 0.0686. The van der Waals surface area contributed by atoms with E-state index in [1.165, 1.54) is 0 Å². The van der Waals surface area contributed by atoms with Crippen molar-refractivity contribution >= 4 is 17.5 Å². The normalized spacial score (nSPS) is 16.8. The Morgan fingerprint density at radius 1 is 1.33 bits per heavy atom. The number of likely N-dealkylation sites (tertiary alicyclic amines) is 1. The van der Waals surface area contributed by atoms with Crippen LogP contribution in [0.15, 0.2) is 40.9 Å². The molecule has 3 heterocycles. The number of aromatic nitrogens is 3. The average molecular weight is 427 g/mol. The van der Waals surface area contributed by atoms with Crippen LogP contribution in [0.5, 0.6) is 0 Å². The van der Waals surface area contributed by atoms with E-state index >= 15 is 0 Å². The summed E-state index contributed by atoms with van der Waals surface area (Å²) in [5.74, 6) is 1.66. The zero-order chi connectivity index (χ0) is 21.1. The second-order valence-electron chi connectivity index (χ2n) is 7.96. The molecule has 0 unspecified atom stereocenters. The van der Waals surface area contributed by atoms with Gasteiger partial charge in [-0.3, -0.25) is 9.48 Å². The number of aryl methyl sites for hydroxylation is 2. The van der Waals surface area contributed by atoms with E-state index in [1.54, 1.807) is 10.9 Å². The smallest absolute Gasteiger partial charge is 0.272 e. The lowest BCUT2D eigenvalue weighted by Crippen LogP contribution is -2.40. The third-order valence-electron chi connectivity index (χ3n) is 5.55. The van der Waals surface area contributed by atoms with Crippen LogP contribution in [0.3, 0.4) is 0 Å². The third kappa shape index (κ3) is 4.59. The molecular formula is C23H27ClN4O2. The predicted octanol–water partition coefficient (Wildman–Crippen LogP) is 4.62. The predicted molar refractivity (Wildman–Crippen MR) is 116 cm³/mol. The minimum atomic E-state index is 0.0303. The highest BCUT2D eigenvalue weighted by Gasteiger charge is 2.29. The van der Waals surface area contributed by atoms with Gasteiger partial charge < -0.3 is 9.32 Å². The van der Waals surface area contributed by atoms with Crippen molar-refractivity contribution in [2.75, 3.05) is 13.1 Å². The van der Waals surface area contributed by atoms with Crippen LogP contribution in [-0.4, -0.2) is 38.7 Å². The van der Waals surface area contributed by atoms with Gasteiger partial charge in [-0.25, -0.2) is 4.98 Å². The molecule has 158 valence electrons. The highest BCUT2D eigenvalue weighted by molar-refractivity contribution is 6.30. The fraction of sp³-hybridized carbons (Fsp3) is 0.435. The first-order valence-electron chi connectivity index (χ1n) is 10.5. The molecule has 30 heavy (non-hydrogen) atoms. The van der Waals surface area contributed by atoms with E-state index in [0.29, 0.717) is 29.6 Å². The summed E-state index contributed by atoms with van der Waals surface area (Å²) in [6, 6.07) is 9.67. The number of benzene rings is 1. The second-order valence-corrected chi connectivity index (χ2v) is 8.39. The zero-order valence-electron chi connectivity index (χ0n) is 17.5. The van der Waals surface area contributed by atoms with Crippen molar-refractivity contribution < 1.29 is 9.21 Å². The Hall–Kier alpha value is -2.60. The second kappa shape index (κ2) is 9.04. The number of hydrogen-bond donors (Lipinski definition) is 0. The van der Waals surface area contributed by atoms with E-state index in [-0.39, 0.29) is 11.8 Å². The van der Waals surface area contributed by atoms with Crippen LogP contribution >= 0.6 is 11.6 Å². The maximum Gasteiger partial charge on any atom is 0.272 e. The largest absolute Gasteiger partial charge is 0.445 e. The molecule has 1 saturated heterocycles. The number of oxazole rings is 1. The SMILES string of the molecule is CCCc1cc(C(=O)N2CCC[C@H](c3ncc(Cc4cccc(Cl)c4)o3)C2)n(C)n1. The number of carbonyl (C=O) groups is 1. The number of hydrogen-bond acceptors (Lipinski definition) is 4. The Morgan fingerprint density at radius 2 is 2.20 bits per heavy atom. The highest BCUT2D eigenvalue weighted by Crippen LogP contribution is 2.28. The molecule has 7 heteroatoms. The summed E-state index contributed by atoms with van der Waals surface area (Å²) >= 11 is 6.07. The zero-order valence-corrected chi connectivity index (χ0v) is 18.2. The van der Waals surface area contributed by atoms with E-state index < -0.39 is 0 Å². The Bertz CT molecular complexity index is 1030. The number of nitrogens with zero attached hydrogens (tertiary/aromatic N) is 4. The fourth-order valence-electron chi connectivity index (χ4n) is 4.07. The van der Waals surface area contributed by atoms with Gasteiger partial charge in [-0.2, -0.15) is 5.10 Å². The van der Waals surface area contributed by atoms with Gasteiger partial charge in [0.15, 0.2) is 5.89 Å². The molecule has 0 saturated carbocycles. The monoisotopic (exact) mass is 426 g/mol. The number of piperidine rings is 1. The molecule has 0 spiro atoms. The Balaban J connectivity index is 1.44. The number of rotatable bonds is 6. The van der Waals surface area contributed by atoms with Crippen LogP contribution in [0, 0.1) is 0 Å². The molecule has 0 bridgehead atoms. The lowest BCUT2D eigenvalue weighted by atomic mass is 9.97. The highest BCUT2D eigenvalue weighted by atomic mass is 35.5. The molecule has 6 nitrogen and oxygen atoms in total. The molecule has 2 aromatic heterocycles. The summed E-state index contributed by atoms with van der Waals surface area (Å²) < 4.78 is 7.75. The molecule has 1 fully saturated rings. The summed E-state index contributed by atoms with van der Waals surface area (Å²) in [5.41, 5.74) is 2.70. The molecule has 3 aromatic rings. The van der Waals surface area contributed by atoms with E-state index in [4.69, 9.17) is 16.0 Å². The maximum atomic E-state index is 13.1. The lowest BCUT2D eigenvalue weighted by Gasteiger charge is -2.31. The Kier molecular flexibility index (Phi) is 6.23. The standard InChI is InChI=1S/C23H27ClN4O2/c1-3-6-19-13-21(27(2)26-19)23(29)28-10-5-8-17(15-28)22-25-14-20(30-22)12-16-7-4-9-18(24)11-16/h4,7,9,11,13-14,17H,3,5-6,8,10,12,15H2,1-2H3/t17-/m0/s1. The summed E-state index contributed by atoms with van der Waals surface area (Å²) in [5, 5.41) is 5.19. The molecular weight excluding hydrogens is 400 g/mol. The quantitative estimate of drug-likeness (QED) is 0.576. The van der Waals surface area contributed by atoms with Gasteiger partial charge in [0, 0.05) is 31.6 Å². The maximum absolute atomic E-state index is 13.1. The van der Waals surface area contributed by atoms with Gasteiger partial charge in [0.2, 0.25) is 0 Å². The third-order valence-corrected chi connectivity index (χ3v) is 5.79. The van der Waals surface area contributed by atoms with E-state index in [2.05, 4.69) is 17.0 Å². The minimum Gasteiger partial charge on any atom is -0.445 e. The van der Waals surface area contributed by atoms with Crippen LogP contribution in [-0.2, 0) is 19.9 Å². The van der Waals surface area contributed by atoms with Crippen LogP contribution in [0.25, 0.3) is 0 Å². The van der Waals surface area contributed by atoms with E-state index in [0.717, 1.165) is 49.2 Å². The molecule has 1 aliphatic rings. The molecule has 0 radical (unpaired) electrons. The van der Waals surface area contributed by atoms with Crippen LogP contribution in [0.4, 0.5) is 0 Å². The first-order chi connectivity index (χ1) is 14.5. The van der Waals surface area contributed by atoms with Crippen LogP contribution < -0.4 is 0 Å². The average Bonchev–Trinajstić information content (AvgIpc) is 3.34. The molecule has 4 rings (SSSR count). The van der Waals surface area contributed by atoms with Crippen LogP contribution in [0.2, 0.25) is 5.02 Å². The Labute approximate surface area is 181 Å². The van der Waals surface area contributed by atoms with Gasteiger partial charge in [-0.1, -0.05) is 37.1 Å². The van der Waals surface area contributed by atoms with Crippen molar-refractivity contribution in [2.24, 2.45) is 7.05 Å². The molecule has 0 aliphatic carbocycles. The molecule has 1 amide bonds. The number of carbonyl (C=O) groups excluding carboxylic acids is 1. The Morgan fingerprint density at radius 3 is 3.00 bits per heavy atom. The van der Waals surface area contributed by atoms with Crippen LogP contribution in [0.1, 0.15) is 65.5 Å². The van der Waals surface area contributed by atoms with Gasteiger partial charge in [0.25, 0.3) is 5.91 Å². The first kappa shape index (κ1) is 20.7. The number of amides is 1. The van der Waals surface area contributed by atoms with Gasteiger partial charge >= 0.3 is 0 Å². The van der Waals surface area contributed by atoms with Crippen molar-refractivity contribution in [1.82, 2.24) is 19.7 Å². The van der Waals surface area contributed by atoms with Crippen molar-refractivity contribution in [2.45, 2.75) is 44.9 Å². The first-order valence-corrected chi connectivity index (χ1v) is 10.9. The summed E-state index contributed by atoms with van der Waals surface area (Å²) in [6.07, 6.45) is 6.23. The fourth-order valence-corrected chi connectivity index (χ4v) is 4.28. The summed E-state index contributed by atoms with van der Waals surface area (Å²) in [7, 11) is 1.84.